The molecule has 0 radical (unpaired) electrons. The van der Waals surface area contributed by atoms with Crippen LogP contribution in [0.3, 0.4) is 0 Å². The number of allylic oxidation sites excluding steroid dienone is 1. The molecule has 0 atom stereocenters. The second-order valence-corrected chi connectivity index (χ2v) is 4.76. The monoisotopic (exact) mass is 301 g/mol. The molecule has 0 aliphatic heterocycles. The van der Waals surface area contributed by atoms with Gasteiger partial charge in [0.05, 0.1) is 0 Å². The van der Waals surface area contributed by atoms with Gasteiger partial charge in [-0.25, -0.2) is 0 Å². The molecule has 3 heteroatoms. The summed E-state index contributed by atoms with van der Waals surface area (Å²) in [5, 5.41) is 0. The average molecular weight is 302 g/mol. The highest BCUT2D eigenvalue weighted by molar-refractivity contribution is 9.10. The number of nitrogens with two attached hydrogens (primary N) is 1. The maximum absolute atomic E-state index is 11.9. The van der Waals surface area contributed by atoms with Crippen molar-refractivity contribution < 1.29 is 4.79 Å². The number of halogens is 1. The van der Waals surface area contributed by atoms with Gasteiger partial charge in [-0.15, -0.1) is 0 Å². The highest BCUT2D eigenvalue weighted by Crippen LogP contribution is 2.15. The summed E-state index contributed by atoms with van der Waals surface area (Å²) < 4.78 is 0.983. The summed E-state index contributed by atoms with van der Waals surface area (Å²) in [6.45, 7) is 0. The van der Waals surface area contributed by atoms with Crippen molar-refractivity contribution in [2.75, 3.05) is 5.73 Å². The molecule has 18 heavy (non-hydrogen) atoms. The summed E-state index contributed by atoms with van der Waals surface area (Å²) in [7, 11) is 0. The van der Waals surface area contributed by atoms with Crippen LogP contribution in [0.2, 0.25) is 0 Å². The van der Waals surface area contributed by atoms with Gasteiger partial charge in [-0.3, -0.25) is 4.79 Å². The summed E-state index contributed by atoms with van der Waals surface area (Å²) in [4.78, 5) is 11.9. The minimum atomic E-state index is -0.0897. The summed E-state index contributed by atoms with van der Waals surface area (Å²) in [6.07, 6.45) is 3.31. The molecular weight excluding hydrogens is 290 g/mol. The molecule has 0 amide bonds. The van der Waals surface area contributed by atoms with E-state index in [4.69, 9.17) is 5.73 Å². The Bertz CT molecular complexity index is 605. The first-order valence-electron chi connectivity index (χ1n) is 5.49. The van der Waals surface area contributed by atoms with Crippen LogP contribution in [0.25, 0.3) is 6.08 Å². The van der Waals surface area contributed by atoms with E-state index in [-0.39, 0.29) is 5.78 Å². The smallest absolute Gasteiger partial charge is 0.187 e. The van der Waals surface area contributed by atoms with E-state index >= 15 is 0 Å². The molecule has 2 rings (SSSR count). The number of hydrogen-bond donors (Lipinski definition) is 1. The zero-order valence-electron chi connectivity index (χ0n) is 9.64. The van der Waals surface area contributed by atoms with Crippen LogP contribution < -0.4 is 5.73 Å². The lowest BCUT2D eigenvalue weighted by Crippen LogP contribution is -1.99. The third-order valence-electron chi connectivity index (χ3n) is 2.50. The number of benzene rings is 2. The largest absolute Gasteiger partial charge is 0.398 e. The van der Waals surface area contributed by atoms with Gasteiger partial charge in [0.15, 0.2) is 5.78 Å². The highest BCUT2D eigenvalue weighted by atomic mass is 79.9. The summed E-state index contributed by atoms with van der Waals surface area (Å²) in [5.74, 6) is -0.0897. The molecule has 2 nitrogen and oxygen atoms in total. The minimum absolute atomic E-state index is 0.0897. The third kappa shape index (κ3) is 3.08. The molecule has 0 saturated heterocycles. The van der Waals surface area contributed by atoms with Crippen molar-refractivity contribution >= 4 is 33.5 Å². The molecule has 0 fully saturated rings. The van der Waals surface area contributed by atoms with Crippen LogP contribution in [-0.4, -0.2) is 5.78 Å². The van der Waals surface area contributed by atoms with Crippen LogP contribution in [0.15, 0.2) is 59.1 Å². The summed E-state index contributed by atoms with van der Waals surface area (Å²) >= 11 is 3.39. The van der Waals surface area contributed by atoms with Crippen molar-refractivity contribution in [3.05, 3.63) is 70.2 Å². The van der Waals surface area contributed by atoms with Crippen molar-refractivity contribution in [1.29, 1.82) is 0 Å². The van der Waals surface area contributed by atoms with Crippen LogP contribution >= 0.6 is 15.9 Å². The standard InChI is InChI=1S/C15H12BrNO/c16-12-5-3-4-11(10-12)8-9-15(18)13-6-1-2-7-14(13)17/h1-10H,17H2. The van der Waals surface area contributed by atoms with Crippen molar-refractivity contribution in [3.8, 4) is 0 Å². The number of ketones is 1. The van der Waals surface area contributed by atoms with Gasteiger partial charge in [-0.2, -0.15) is 0 Å². The first-order chi connectivity index (χ1) is 8.66. The average Bonchev–Trinajstić information content (AvgIpc) is 2.37. The van der Waals surface area contributed by atoms with Crippen molar-refractivity contribution in [3.63, 3.8) is 0 Å². The molecule has 0 unspecified atom stereocenters. The maximum atomic E-state index is 11.9. The molecule has 90 valence electrons. The van der Waals surface area contributed by atoms with E-state index < -0.39 is 0 Å². The quantitative estimate of drug-likeness (QED) is 0.530. The minimum Gasteiger partial charge on any atom is -0.398 e. The number of rotatable bonds is 3. The van der Waals surface area contributed by atoms with Gasteiger partial charge < -0.3 is 5.73 Å². The fraction of sp³-hybridized carbons (Fsp3) is 0. The highest BCUT2D eigenvalue weighted by Gasteiger charge is 2.04. The Morgan fingerprint density at radius 1 is 1.11 bits per heavy atom. The second kappa shape index (κ2) is 5.65. The first kappa shape index (κ1) is 12.6. The van der Waals surface area contributed by atoms with E-state index in [1.54, 1.807) is 24.3 Å². The van der Waals surface area contributed by atoms with Crippen molar-refractivity contribution in [2.45, 2.75) is 0 Å². The molecular formula is C15H12BrNO. The second-order valence-electron chi connectivity index (χ2n) is 3.84. The van der Waals surface area contributed by atoms with Crippen LogP contribution in [0.4, 0.5) is 5.69 Å². The molecule has 0 saturated carbocycles. The molecule has 2 N–H and O–H groups in total. The number of carbonyl (C=O) groups is 1. The number of carbonyl (C=O) groups excluding carboxylic acids is 1. The van der Waals surface area contributed by atoms with Gasteiger partial charge in [0, 0.05) is 15.7 Å². The molecule has 2 aromatic carbocycles. The third-order valence-corrected chi connectivity index (χ3v) is 3.00. The first-order valence-corrected chi connectivity index (χ1v) is 6.28. The molecule has 0 aromatic heterocycles. The molecule has 0 aliphatic carbocycles. The predicted molar refractivity (Wildman–Crippen MR) is 78.4 cm³/mol. The SMILES string of the molecule is Nc1ccccc1C(=O)C=Cc1cccc(Br)c1. The Balaban J connectivity index is 2.20. The molecule has 0 heterocycles. The Morgan fingerprint density at radius 2 is 1.89 bits per heavy atom. The Hall–Kier alpha value is -1.87. The van der Waals surface area contributed by atoms with Gasteiger partial charge >= 0.3 is 0 Å². The normalized spacial score (nSPS) is 10.7. The van der Waals surface area contributed by atoms with Crippen LogP contribution in [0.1, 0.15) is 15.9 Å². The number of anilines is 1. The molecule has 0 spiro atoms. The van der Waals surface area contributed by atoms with Crippen molar-refractivity contribution in [2.24, 2.45) is 0 Å². The van der Waals surface area contributed by atoms with E-state index in [1.807, 2.05) is 30.3 Å². The van der Waals surface area contributed by atoms with Gasteiger partial charge in [-0.05, 0) is 35.9 Å². The van der Waals surface area contributed by atoms with Gasteiger partial charge in [0.1, 0.15) is 0 Å². The van der Waals surface area contributed by atoms with Gasteiger partial charge in [-0.1, -0.05) is 46.3 Å². The number of nitrogen functional groups attached to an aromatic ring is 1. The summed E-state index contributed by atoms with van der Waals surface area (Å²) in [5.41, 5.74) is 7.75. The van der Waals surface area contributed by atoms with Crippen LogP contribution in [0, 0.1) is 0 Å². The number of hydrogen-bond acceptors (Lipinski definition) is 2. The van der Waals surface area contributed by atoms with E-state index in [9.17, 15) is 4.79 Å². The summed E-state index contributed by atoms with van der Waals surface area (Å²) in [6, 6.07) is 14.8. The Morgan fingerprint density at radius 3 is 2.61 bits per heavy atom. The van der Waals surface area contributed by atoms with Crippen LogP contribution in [-0.2, 0) is 0 Å². The molecule has 0 aliphatic rings. The topological polar surface area (TPSA) is 43.1 Å². The predicted octanol–water partition coefficient (Wildman–Crippen LogP) is 3.93. The van der Waals surface area contributed by atoms with E-state index in [0.29, 0.717) is 11.3 Å². The zero-order valence-corrected chi connectivity index (χ0v) is 11.2. The lowest BCUT2D eigenvalue weighted by atomic mass is 10.1. The number of para-hydroxylation sites is 1. The lowest BCUT2D eigenvalue weighted by molar-refractivity contribution is 0.104. The zero-order chi connectivity index (χ0) is 13.0. The van der Waals surface area contributed by atoms with Crippen LogP contribution in [0.5, 0.6) is 0 Å². The van der Waals surface area contributed by atoms with Gasteiger partial charge in [0.2, 0.25) is 0 Å². The Kier molecular flexibility index (Phi) is 3.95. The molecule has 2 aromatic rings. The van der Waals surface area contributed by atoms with E-state index in [1.165, 1.54) is 6.08 Å². The fourth-order valence-electron chi connectivity index (χ4n) is 1.59. The fourth-order valence-corrected chi connectivity index (χ4v) is 2.01. The molecule has 0 bridgehead atoms. The Labute approximate surface area is 114 Å². The maximum Gasteiger partial charge on any atom is 0.187 e. The van der Waals surface area contributed by atoms with E-state index in [2.05, 4.69) is 15.9 Å². The lowest BCUT2D eigenvalue weighted by Gasteiger charge is -2.00. The van der Waals surface area contributed by atoms with Gasteiger partial charge in [0.25, 0.3) is 0 Å². The van der Waals surface area contributed by atoms with E-state index in [0.717, 1.165) is 10.0 Å². The van der Waals surface area contributed by atoms with Crippen molar-refractivity contribution in [1.82, 2.24) is 0 Å².